The predicted molar refractivity (Wildman–Crippen MR) is 79.9 cm³/mol. The van der Waals surface area contributed by atoms with E-state index in [-0.39, 0.29) is 6.42 Å². The Morgan fingerprint density at radius 2 is 1.84 bits per heavy atom. The largest absolute Gasteiger partial charge is 0.398 e. The van der Waals surface area contributed by atoms with Crippen molar-refractivity contribution in [2.45, 2.75) is 6.42 Å². The van der Waals surface area contributed by atoms with E-state index < -0.39 is 0 Å². The van der Waals surface area contributed by atoms with E-state index in [0.29, 0.717) is 21.4 Å². The predicted octanol–water partition coefficient (Wildman–Crippen LogP) is 4.39. The molecule has 2 rings (SSSR count). The molecule has 96 valence electrons. The van der Waals surface area contributed by atoms with Crippen LogP contribution in [0.2, 0.25) is 10.0 Å². The zero-order chi connectivity index (χ0) is 13.8. The Hall–Kier alpha value is -1.89. The summed E-state index contributed by atoms with van der Waals surface area (Å²) in [6.07, 6.45) is 0.262. The maximum absolute atomic E-state index is 8.74. The van der Waals surface area contributed by atoms with Crippen molar-refractivity contribution >= 4 is 40.3 Å². The minimum absolute atomic E-state index is 0.262. The molecule has 0 radical (unpaired) electrons. The Bertz CT molecular complexity index is 627. The number of nitrogen functional groups attached to an aromatic ring is 1. The molecule has 3 nitrogen and oxygen atoms in total. The van der Waals surface area contributed by atoms with Gasteiger partial charge in [0.2, 0.25) is 0 Å². The normalized spacial score (nSPS) is 9.95. The van der Waals surface area contributed by atoms with Crippen molar-refractivity contribution in [2.24, 2.45) is 0 Å². The van der Waals surface area contributed by atoms with Crippen molar-refractivity contribution in [3.8, 4) is 6.07 Å². The lowest BCUT2D eigenvalue weighted by molar-refractivity contribution is 1.27. The van der Waals surface area contributed by atoms with E-state index in [2.05, 4.69) is 11.4 Å². The Morgan fingerprint density at radius 3 is 2.47 bits per heavy atom. The first kappa shape index (κ1) is 13.5. The molecule has 0 fully saturated rings. The van der Waals surface area contributed by atoms with Crippen molar-refractivity contribution in [2.75, 3.05) is 11.1 Å². The molecule has 0 aromatic heterocycles. The van der Waals surface area contributed by atoms with Gasteiger partial charge in [0.15, 0.2) is 0 Å². The number of benzene rings is 2. The smallest absolute Gasteiger partial charge is 0.0762 e. The lowest BCUT2D eigenvalue weighted by atomic mass is 10.1. The molecular weight excluding hydrogens is 281 g/mol. The fraction of sp³-hybridized carbons (Fsp3) is 0.0714. The first-order valence-electron chi connectivity index (χ1n) is 5.58. The van der Waals surface area contributed by atoms with Crippen molar-refractivity contribution in [1.29, 1.82) is 5.26 Å². The minimum Gasteiger partial charge on any atom is -0.398 e. The van der Waals surface area contributed by atoms with E-state index in [0.717, 1.165) is 11.3 Å². The van der Waals surface area contributed by atoms with Gasteiger partial charge in [-0.05, 0) is 35.9 Å². The van der Waals surface area contributed by atoms with E-state index in [4.69, 9.17) is 34.2 Å². The second-order valence-corrected chi connectivity index (χ2v) is 4.78. The molecule has 0 heterocycles. The highest BCUT2D eigenvalue weighted by Crippen LogP contribution is 2.33. The SMILES string of the molecule is N#CCc1cc(Nc2c(Cl)cccc2Cl)ccc1N. The number of nitrogens with two attached hydrogens (primary N) is 1. The van der Waals surface area contributed by atoms with Crippen molar-refractivity contribution in [3.05, 3.63) is 52.0 Å². The summed E-state index contributed by atoms with van der Waals surface area (Å²) < 4.78 is 0. The van der Waals surface area contributed by atoms with Crippen LogP contribution in [0.3, 0.4) is 0 Å². The summed E-state index contributed by atoms with van der Waals surface area (Å²) in [6.45, 7) is 0. The molecule has 0 saturated carbocycles. The Kier molecular flexibility index (Phi) is 4.16. The Morgan fingerprint density at radius 1 is 1.16 bits per heavy atom. The Balaban J connectivity index is 2.34. The van der Waals surface area contributed by atoms with E-state index in [1.165, 1.54) is 0 Å². The van der Waals surface area contributed by atoms with Crippen LogP contribution in [0.1, 0.15) is 5.56 Å². The van der Waals surface area contributed by atoms with Crippen molar-refractivity contribution in [1.82, 2.24) is 0 Å². The first-order valence-corrected chi connectivity index (χ1v) is 6.34. The molecular formula is C14H11Cl2N3. The number of para-hydroxylation sites is 1. The third-order valence-corrected chi connectivity index (χ3v) is 3.27. The van der Waals surface area contributed by atoms with Gasteiger partial charge in [0.1, 0.15) is 0 Å². The molecule has 0 atom stereocenters. The molecule has 3 N–H and O–H groups in total. The number of anilines is 3. The zero-order valence-electron chi connectivity index (χ0n) is 9.95. The van der Waals surface area contributed by atoms with Gasteiger partial charge in [0, 0.05) is 11.4 Å². The lowest BCUT2D eigenvalue weighted by Crippen LogP contribution is -1.97. The fourth-order valence-electron chi connectivity index (χ4n) is 1.68. The second-order valence-electron chi connectivity index (χ2n) is 3.97. The highest BCUT2D eigenvalue weighted by atomic mass is 35.5. The molecule has 2 aromatic carbocycles. The third kappa shape index (κ3) is 3.11. The molecule has 0 unspecified atom stereocenters. The quantitative estimate of drug-likeness (QED) is 0.825. The molecule has 0 amide bonds. The van der Waals surface area contributed by atoms with Gasteiger partial charge in [-0.15, -0.1) is 0 Å². The van der Waals surface area contributed by atoms with Crippen molar-refractivity contribution in [3.63, 3.8) is 0 Å². The van der Waals surface area contributed by atoms with Gasteiger partial charge in [-0.3, -0.25) is 0 Å². The molecule has 0 bridgehead atoms. The molecule has 0 aliphatic heterocycles. The molecule has 5 heteroatoms. The monoisotopic (exact) mass is 291 g/mol. The number of hydrogen-bond acceptors (Lipinski definition) is 3. The molecule has 19 heavy (non-hydrogen) atoms. The van der Waals surface area contributed by atoms with Crippen molar-refractivity contribution < 1.29 is 0 Å². The molecule has 2 aromatic rings. The first-order chi connectivity index (χ1) is 9.11. The average Bonchev–Trinajstić information content (AvgIpc) is 2.38. The highest BCUT2D eigenvalue weighted by molar-refractivity contribution is 6.39. The van der Waals surface area contributed by atoms with E-state index >= 15 is 0 Å². The summed E-state index contributed by atoms with van der Waals surface area (Å²) in [6, 6.07) is 12.7. The van der Waals surface area contributed by atoms with Gasteiger partial charge in [0.05, 0.1) is 28.2 Å². The molecule has 0 aliphatic carbocycles. The van der Waals surface area contributed by atoms with Crippen LogP contribution in [0.25, 0.3) is 0 Å². The molecule has 0 saturated heterocycles. The Labute approximate surface area is 121 Å². The highest BCUT2D eigenvalue weighted by Gasteiger charge is 2.07. The number of nitrogens with one attached hydrogen (secondary N) is 1. The van der Waals surface area contributed by atoms with Gasteiger partial charge in [0.25, 0.3) is 0 Å². The van der Waals surface area contributed by atoms with Crippen LogP contribution in [-0.2, 0) is 6.42 Å². The zero-order valence-corrected chi connectivity index (χ0v) is 11.5. The third-order valence-electron chi connectivity index (χ3n) is 2.64. The number of nitrogens with zero attached hydrogens (tertiary/aromatic N) is 1. The summed E-state index contributed by atoms with van der Waals surface area (Å²) in [5.74, 6) is 0. The topological polar surface area (TPSA) is 61.8 Å². The average molecular weight is 292 g/mol. The van der Waals surface area contributed by atoms with E-state index in [1.54, 1.807) is 24.3 Å². The number of nitriles is 1. The van der Waals surface area contributed by atoms with Crippen LogP contribution in [0, 0.1) is 11.3 Å². The number of hydrogen-bond donors (Lipinski definition) is 2. The number of rotatable bonds is 3. The summed E-state index contributed by atoms with van der Waals surface area (Å²) in [5.41, 5.74) is 8.59. The minimum atomic E-state index is 0.262. The maximum atomic E-state index is 8.74. The van der Waals surface area contributed by atoms with Crippen LogP contribution in [0.4, 0.5) is 17.1 Å². The molecule has 0 spiro atoms. The van der Waals surface area contributed by atoms with Crippen LogP contribution in [0.5, 0.6) is 0 Å². The van der Waals surface area contributed by atoms with Gasteiger partial charge in [-0.25, -0.2) is 0 Å². The van der Waals surface area contributed by atoms with Gasteiger partial charge in [-0.1, -0.05) is 29.3 Å². The van der Waals surface area contributed by atoms with Gasteiger partial charge < -0.3 is 11.1 Å². The standard InChI is InChI=1S/C14H11Cl2N3/c15-11-2-1-3-12(16)14(11)19-10-4-5-13(18)9(8-10)6-7-17/h1-5,8,19H,6,18H2. The van der Waals surface area contributed by atoms with Crippen LogP contribution < -0.4 is 11.1 Å². The van der Waals surface area contributed by atoms with Gasteiger partial charge >= 0.3 is 0 Å². The van der Waals surface area contributed by atoms with Crippen LogP contribution >= 0.6 is 23.2 Å². The summed E-state index contributed by atoms with van der Waals surface area (Å²) in [7, 11) is 0. The van der Waals surface area contributed by atoms with Gasteiger partial charge in [-0.2, -0.15) is 5.26 Å². The summed E-state index contributed by atoms with van der Waals surface area (Å²) >= 11 is 12.2. The maximum Gasteiger partial charge on any atom is 0.0762 e. The van der Waals surface area contributed by atoms with E-state index in [9.17, 15) is 0 Å². The fourth-order valence-corrected chi connectivity index (χ4v) is 2.18. The molecule has 0 aliphatic rings. The lowest BCUT2D eigenvalue weighted by Gasteiger charge is -2.12. The van der Waals surface area contributed by atoms with Crippen LogP contribution in [-0.4, -0.2) is 0 Å². The van der Waals surface area contributed by atoms with E-state index in [1.807, 2.05) is 12.1 Å². The number of halogens is 2. The second kappa shape index (κ2) is 5.83. The van der Waals surface area contributed by atoms with Crippen LogP contribution in [0.15, 0.2) is 36.4 Å². The summed E-state index contributed by atoms with van der Waals surface area (Å²) in [4.78, 5) is 0. The summed E-state index contributed by atoms with van der Waals surface area (Å²) in [5, 5.41) is 12.9.